The standard InChI is InChI=1S/C10H11IN2O/c1-12-8-4-3-7(6-11)5-9(8)13(2)10(12)14/h3-5H,6H2,1-2H3. The molecule has 3 nitrogen and oxygen atoms in total. The van der Waals surface area contributed by atoms with Crippen molar-refractivity contribution < 1.29 is 0 Å². The van der Waals surface area contributed by atoms with Gasteiger partial charge in [-0.1, -0.05) is 28.7 Å². The zero-order chi connectivity index (χ0) is 10.3. The Hall–Kier alpha value is -0.780. The van der Waals surface area contributed by atoms with Crippen LogP contribution in [0.25, 0.3) is 11.0 Å². The van der Waals surface area contributed by atoms with Gasteiger partial charge in [0, 0.05) is 18.5 Å². The molecule has 2 aromatic rings. The Morgan fingerprint density at radius 2 is 1.86 bits per heavy atom. The number of benzene rings is 1. The van der Waals surface area contributed by atoms with Crippen LogP contribution < -0.4 is 5.69 Å². The van der Waals surface area contributed by atoms with E-state index in [1.54, 1.807) is 16.2 Å². The number of hydrogen-bond donors (Lipinski definition) is 0. The maximum atomic E-state index is 11.6. The molecule has 0 saturated carbocycles. The molecular formula is C10H11IN2O. The Balaban J connectivity index is 2.89. The van der Waals surface area contributed by atoms with Crippen molar-refractivity contribution in [1.29, 1.82) is 0 Å². The van der Waals surface area contributed by atoms with E-state index in [9.17, 15) is 4.79 Å². The highest BCUT2D eigenvalue weighted by atomic mass is 127. The van der Waals surface area contributed by atoms with E-state index in [0.717, 1.165) is 15.5 Å². The van der Waals surface area contributed by atoms with E-state index in [4.69, 9.17) is 0 Å². The molecule has 0 unspecified atom stereocenters. The van der Waals surface area contributed by atoms with Gasteiger partial charge >= 0.3 is 5.69 Å². The number of alkyl halides is 1. The molecule has 4 heteroatoms. The molecule has 0 atom stereocenters. The Morgan fingerprint density at radius 1 is 1.21 bits per heavy atom. The minimum atomic E-state index is 0.0330. The molecule has 1 aromatic carbocycles. The van der Waals surface area contributed by atoms with Gasteiger partial charge in [0.05, 0.1) is 11.0 Å². The first-order valence-electron chi connectivity index (χ1n) is 4.35. The highest BCUT2D eigenvalue weighted by molar-refractivity contribution is 14.1. The van der Waals surface area contributed by atoms with Crippen molar-refractivity contribution in [3.05, 3.63) is 34.2 Å². The Kier molecular flexibility index (Phi) is 2.38. The van der Waals surface area contributed by atoms with E-state index < -0.39 is 0 Å². The fourth-order valence-corrected chi connectivity index (χ4v) is 2.11. The molecule has 0 bridgehead atoms. The van der Waals surface area contributed by atoms with Gasteiger partial charge < -0.3 is 0 Å². The second-order valence-corrected chi connectivity index (χ2v) is 4.12. The summed E-state index contributed by atoms with van der Waals surface area (Å²) in [6, 6.07) is 6.14. The molecule has 0 radical (unpaired) electrons. The van der Waals surface area contributed by atoms with Crippen LogP contribution in [0.15, 0.2) is 23.0 Å². The molecule has 0 aliphatic carbocycles. The van der Waals surface area contributed by atoms with Gasteiger partial charge in [-0.25, -0.2) is 4.79 Å². The van der Waals surface area contributed by atoms with E-state index in [0.29, 0.717) is 0 Å². The van der Waals surface area contributed by atoms with Gasteiger partial charge in [0.2, 0.25) is 0 Å². The van der Waals surface area contributed by atoms with E-state index >= 15 is 0 Å². The zero-order valence-corrected chi connectivity index (χ0v) is 10.3. The molecule has 0 aliphatic heterocycles. The lowest BCUT2D eigenvalue weighted by molar-refractivity contribution is 0.795. The Bertz CT molecular complexity index is 539. The van der Waals surface area contributed by atoms with Crippen LogP contribution in [0.1, 0.15) is 5.56 Å². The summed E-state index contributed by atoms with van der Waals surface area (Å²) in [5.41, 5.74) is 3.28. The summed E-state index contributed by atoms with van der Waals surface area (Å²) in [6.07, 6.45) is 0. The van der Waals surface area contributed by atoms with Crippen LogP contribution in [0.2, 0.25) is 0 Å². The van der Waals surface area contributed by atoms with Crippen LogP contribution in [0.3, 0.4) is 0 Å². The summed E-state index contributed by atoms with van der Waals surface area (Å²) < 4.78 is 4.33. The number of rotatable bonds is 1. The third kappa shape index (κ3) is 1.28. The van der Waals surface area contributed by atoms with Crippen molar-refractivity contribution in [3.8, 4) is 0 Å². The lowest BCUT2D eigenvalue weighted by Gasteiger charge is -1.97. The summed E-state index contributed by atoms with van der Waals surface area (Å²) in [6.45, 7) is 0. The lowest BCUT2D eigenvalue weighted by Crippen LogP contribution is -2.19. The van der Waals surface area contributed by atoms with Gasteiger partial charge in [-0.05, 0) is 17.7 Å². The predicted octanol–water partition coefficient (Wildman–Crippen LogP) is 1.81. The van der Waals surface area contributed by atoms with Gasteiger partial charge in [-0.2, -0.15) is 0 Å². The topological polar surface area (TPSA) is 26.9 Å². The third-order valence-electron chi connectivity index (χ3n) is 2.49. The minimum Gasteiger partial charge on any atom is -0.295 e. The lowest BCUT2D eigenvalue weighted by atomic mass is 10.2. The molecule has 74 valence electrons. The van der Waals surface area contributed by atoms with Gasteiger partial charge in [0.25, 0.3) is 0 Å². The SMILES string of the molecule is Cn1c(=O)n(C)c2cc(CI)ccc21. The van der Waals surface area contributed by atoms with Crippen molar-refractivity contribution in [2.45, 2.75) is 4.43 Å². The molecule has 1 heterocycles. The summed E-state index contributed by atoms with van der Waals surface area (Å²) in [4.78, 5) is 11.6. The second kappa shape index (κ2) is 3.42. The summed E-state index contributed by atoms with van der Waals surface area (Å²) in [7, 11) is 3.61. The Morgan fingerprint density at radius 3 is 2.50 bits per heavy atom. The number of halogens is 1. The summed E-state index contributed by atoms with van der Waals surface area (Å²) in [5, 5.41) is 0. The minimum absolute atomic E-state index is 0.0330. The molecule has 2 rings (SSSR count). The fourth-order valence-electron chi connectivity index (χ4n) is 1.64. The van der Waals surface area contributed by atoms with Crippen LogP contribution in [-0.4, -0.2) is 9.13 Å². The zero-order valence-electron chi connectivity index (χ0n) is 8.12. The quantitative estimate of drug-likeness (QED) is 0.583. The molecule has 0 amide bonds. The predicted molar refractivity (Wildman–Crippen MR) is 65.9 cm³/mol. The number of nitrogens with zero attached hydrogens (tertiary/aromatic N) is 2. The monoisotopic (exact) mass is 302 g/mol. The number of hydrogen-bond acceptors (Lipinski definition) is 1. The van der Waals surface area contributed by atoms with Crippen LogP contribution in [0, 0.1) is 0 Å². The smallest absolute Gasteiger partial charge is 0.295 e. The molecule has 1 aromatic heterocycles. The van der Waals surface area contributed by atoms with Crippen LogP contribution in [-0.2, 0) is 18.5 Å². The Labute approximate surface area is 95.5 Å². The van der Waals surface area contributed by atoms with Crippen LogP contribution in [0.5, 0.6) is 0 Å². The first-order chi connectivity index (χ1) is 6.65. The number of imidazole rings is 1. The average molecular weight is 302 g/mol. The maximum absolute atomic E-state index is 11.6. The van der Waals surface area contributed by atoms with Crippen molar-refractivity contribution in [3.63, 3.8) is 0 Å². The summed E-state index contributed by atoms with van der Waals surface area (Å²) >= 11 is 2.32. The summed E-state index contributed by atoms with van der Waals surface area (Å²) in [5.74, 6) is 0. The highest BCUT2D eigenvalue weighted by Crippen LogP contribution is 2.15. The molecule has 0 spiro atoms. The third-order valence-corrected chi connectivity index (χ3v) is 3.37. The molecule has 14 heavy (non-hydrogen) atoms. The van der Waals surface area contributed by atoms with Crippen molar-refractivity contribution >= 4 is 33.6 Å². The van der Waals surface area contributed by atoms with E-state index in [1.165, 1.54) is 5.56 Å². The first kappa shape index (κ1) is 9.76. The highest BCUT2D eigenvalue weighted by Gasteiger charge is 2.06. The molecule has 0 saturated heterocycles. The number of aryl methyl sites for hydroxylation is 2. The number of fused-ring (bicyclic) bond motifs is 1. The first-order valence-corrected chi connectivity index (χ1v) is 5.88. The molecule has 0 fully saturated rings. The van der Waals surface area contributed by atoms with Crippen LogP contribution in [0.4, 0.5) is 0 Å². The normalized spacial score (nSPS) is 11.1. The van der Waals surface area contributed by atoms with Gasteiger partial charge in [-0.15, -0.1) is 0 Å². The van der Waals surface area contributed by atoms with Gasteiger partial charge in [0.1, 0.15) is 0 Å². The van der Waals surface area contributed by atoms with Crippen molar-refractivity contribution in [1.82, 2.24) is 9.13 Å². The number of aromatic nitrogens is 2. The average Bonchev–Trinajstić information content (AvgIpc) is 2.44. The van der Waals surface area contributed by atoms with Crippen molar-refractivity contribution in [2.75, 3.05) is 0 Å². The molecule has 0 aliphatic rings. The van der Waals surface area contributed by atoms with Gasteiger partial charge in [-0.3, -0.25) is 9.13 Å². The molecule has 0 N–H and O–H groups in total. The van der Waals surface area contributed by atoms with Gasteiger partial charge in [0.15, 0.2) is 0 Å². The fraction of sp³-hybridized carbons (Fsp3) is 0.300. The van der Waals surface area contributed by atoms with Crippen molar-refractivity contribution in [2.24, 2.45) is 14.1 Å². The van der Waals surface area contributed by atoms with E-state index in [2.05, 4.69) is 34.7 Å². The van der Waals surface area contributed by atoms with E-state index in [-0.39, 0.29) is 5.69 Å². The maximum Gasteiger partial charge on any atom is 0.328 e. The molecular weight excluding hydrogens is 291 g/mol. The van der Waals surface area contributed by atoms with Crippen LogP contribution >= 0.6 is 22.6 Å². The van der Waals surface area contributed by atoms with E-state index in [1.807, 2.05) is 13.1 Å². The second-order valence-electron chi connectivity index (χ2n) is 3.36. The largest absolute Gasteiger partial charge is 0.328 e.